The zero-order chi connectivity index (χ0) is 17.4. The van der Waals surface area contributed by atoms with Crippen LogP contribution in [0.1, 0.15) is 21.5 Å². The quantitative estimate of drug-likeness (QED) is 0.931. The smallest absolute Gasteiger partial charge is 0.335 e. The zero-order valence-electron chi connectivity index (χ0n) is 12.9. The number of carbonyl (C=O) groups is 1. The van der Waals surface area contributed by atoms with Crippen molar-refractivity contribution in [3.63, 3.8) is 0 Å². The van der Waals surface area contributed by atoms with Crippen LogP contribution >= 0.6 is 0 Å². The summed E-state index contributed by atoms with van der Waals surface area (Å²) in [5.41, 5.74) is 1.85. The Balaban J connectivity index is 2.51. The average molecular weight is 337 g/mol. The van der Waals surface area contributed by atoms with Crippen molar-refractivity contribution in [2.24, 2.45) is 0 Å². The molecule has 0 saturated heterocycles. The molecule has 2 aromatic rings. The molecule has 23 heavy (non-hydrogen) atoms. The number of carboxylic acids is 1. The standard InChI is InChI=1S/C16H16FNO4S/c1-10-6-11(2)8-13(7-10)18(3)23(21,22)15-5-4-12(16(19)20)9-14(15)17/h4-9H,1-3H3,(H,19,20). The Morgan fingerprint density at radius 2 is 1.65 bits per heavy atom. The summed E-state index contributed by atoms with van der Waals surface area (Å²) in [7, 11) is -2.81. The van der Waals surface area contributed by atoms with E-state index < -0.39 is 26.7 Å². The molecular weight excluding hydrogens is 321 g/mol. The summed E-state index contributed by atoms with van der Waals surface area (Å²) in [5.74, 6) is -2.42. The summed E-state index contributed by atoms with van der Waals surface area (Å²) < 4.78 is 40.2. The van der Waals surface area contributed by atoms with Crippen LogP contribution in [-0.2, 0) is 10.0 Å². The lowest BCUT2D eigenvalue weighted by atomic mass is 10.1. The molecule has 0 unspecified atom stereocenters. The molecule has 0 bridgehead atoms. The number of sulfonamides is 1. The molecule has 0 aliphatic rings. The van der Waals surface area contributed by atoms with E-state index in [-0.39, 0.29) is 5.56 Å². The fourth-order valence-corrected chi connectivity index (χ4v) is 3.49. The van der Waals surface area contributed by atoms with Crippen LogP contribution in [0.5, 0.6) is 0 Å². The number of nitrogens with zero attached hydrogens (tertiary/aromatic N) is 1. The monoisotopic (exact) mass is 337 g/mol. The Bertz CT molecular complexity index is 857. The number of hydrogen-bond donors (Lipinski definition) is 1. The second-order valence-electron chi connectivity index (χ2n) is 5.27. The van der Waals surface area contributed by atoms with E-state index in [4.69, 9.17) is 5.11 Å². The first kappa shape index (κ1) is 17.0. The van der Waals surface area contributed by atoms with Gasteiger partial charge < -0.3 is 5.11 Å². The maximum Gasteiger partial charge on any atom is 0.335 e. The number of benzene rings is 2. The van der Waals surface area contributed by atoms with Crippen molar-refractivity contribution in [1.29, 1.82) is 0 Å². The molecule has 2 aromatic carbocycles. The highest BCUT2D eigenvalue weighted by Gasteiger charge is 2.26. The molecule has 0 aliphatic heterocycles. The highest BCUT2D eigenvalue weighted by Crippen LogP contribution is 2.26. The predicted octanol–water partition coefficient (Wildman–Crippen LogP) is 2.97. The maximum atomic E-state index is 14.1. The molecule has 0 spiro atoms. The number of aromatic carboxylic acids is 1. The summed E-state index contributed by atoms with van der Waals surface area (Å²) >= 11 is 0. The van der Waals surface area contributed by atoms with Crippen LogP contribution in [-0.4, -0.2) is 26.5 Å². The van der Waals surface area contributed by atoms with Crippen molar-refractivity contribution in [2.45, 2.75) is 18.7 Å². The topological polar surface area (TPSA) is 74.7 Å². The van der Waals surface area contributed by atoms with Crippen molar-refractivity contribution in [3.8, 4) is 0 Å². The van der Waals surface area contributed by atoms with Gasteiger partial charge in [-0.3, -0.25) is 4.31 Å². The highest BCUT2D eigenvalue weighted by atomic mass is 32.2. The van der Waals surface area contributed by atoms with E-state index >= 15 is 0 Å². The molecule has 0 atom stereocenters. The van der Waals surface area contributed by atoms with Crippen molar-refractivity contribution in [1.82, 2.24) is 0 Å². The van der Waals surface area contributed by atoms with Gasteiger partial charge in [-0.15, -0.1) is 0 Å². The van der Waals surface area contributed by atoms with E-state index in [0.29, 0.717) is 11.8 Å². The molecule has 5 nitrogen and oxygen atoms in total. The van der Waals surface area contributed by atoms with E-state index in [9.17, 15) is 17.6 Å². The molecule has 0 aliphatic carbocycles. The molecule has 0 radical (unpaired) electrons. The number of carboxylic acid groups (broad SMARTS) is 1. The summed E-state index contributed by atoms with van der Waals surface area (Å²) in [6, 6.07) is 7.97. The Kier molecular flexibility index (Phi) is 4.42. The van der Waals surface area contributed by atoms with E-state index in [1.807, 2.05) is 19.9 Å². The molecule has 2 rings (SSSR count). The SMILES string of the molecule is Cc1cc(C)cc(N(C)S(=O)(=O)c2ccc(C(=O)O)cc2F)c1. The first-order valence-corrected chi connectivity index (χ1v) is 8.17. The molecule has 0 saturated carbocycles. The van der Waals surface area contributed by atoms with Gasteiger partial charge in [-0.1, -0.05) is 6.07 Å². The van der Waals surface area contributed by atoms with E-state index in [1.54, 1.807) is 12.1 Å². The van der Waals surface area contributed by atoms with E-state index in [2.05, 4.69) is 0 Å². The fraction of sp³-hybridized carbons (Fsp3) is 0.188. The van der Waals surface area contributed by atoms with Crippen molar-refractivity contribution in [3.05, 3.63) is 58.9 Å². The third-order valence-electron chi connectivity index (χ3n) is 3.39. The molecule has 122 valence electrons. The lowest BCUT2D eigenvalue weighted by Crippen LogP contribution is -2.27. The third-order valence-corrected chi connectivity index (χ3v) is 5.21. The highest BCUT2D eigenvalue weighted by molar-refractivity contribution is 7.92. The van der Waals surface area contributed by atoms with Gasteiger partial charge in [0.15, 0.2) is 0 Å². The Morgan fingerprint density at radius 3 is 2.13 bits per heavy atom. The maximum absolute atomic E-state index is 14.1. The predicted molar refractivity (Wildman–Crippen MR) is 84.9 cm³/mol. The molecule has 0 fully saturated rings. The van der Waals surface area contributed by atoms with Gasteiger partial charge in [0.1, 0.15) is 10.7 Å². The Morgan fingerprint density at radius 1 is 1.09 bits per heavy atom. The minimum absolute atomic E-state index is 0.310. The van der Waals surface area contributed by atoms with Crippen molar-refractivity contribution < 1.29 is 22.7 Å². The van der Waals surface area contributed by atoms with Crippen LogP contribution in [0.25, 0.3) is 0 Å². The second kappa shape index (κ2) is 6.00. The summed E-state index contributed by atoms with van der Waals surface area (Å²) in [4.78, 5) is 10.3. The van der Waals surface area contributed by atoms with Crippen LogP contribution in [0.4, 0.5) is 10.1 Å². The van der Waals surface area contributed by atoms with Gasteiger partial charge >= 0.3 is 5.97 Å². The number of halogens is 1. The fourth-order valence-electron chi connectivity index (χ4n) is 2.26. The molecule has 0 aromatic heterocycles. The van der Waals surface area contributed by atoms with Gasteiger partial charge in [0.25, 0.3) is 10.0 Å². The van der Waals surface area contributed by atoms with Crippen LogP contribution in [0, 0.1) is 19.7 Å². The first-order chi connectivity index (χ1) is 10.6. The Labute approximate surface area is 134 Å². The summed E-state index contributed by atoms with van der Waals surface area (Å²) in [5, 5.41) is 8.82. The van der Waals surface area contributed by atoms with Gasteiger partial charge in [0.05, 0.1) is 11.3 Å². The van der Waals surface area contributed by atoms with Crippen molar-refractivity contribution in [2.75, 3.05) is 11.4 Å². The van der Waals surface area contributed by atoms with Crippen LogP contribution < -0.4 is 4.31 Å². The molecule has 7 heteroatoms. The van der Waals surface area contributed by atoms with E-state index in [0.717, 1.165) is 27.6 Å². The third kappa shape index (κ3) is 3.34. The zero-order valence-corrected chi connectivity index (χ0v) is 13.7. The number of hydrogen-bond acceptors (Lipinski definition) is 3. The lowest BCUT2D eigenvalue weighted by Gasteiger charge is -2.21. The molecule has 0 amide bonds. The largest absolute Gasteiger partial charge is 0.478 e. The lowest BCUT2D eigenvalue weighted by molar-refractivity contribution is 0.0696. The van der Waals surface area contributed by atoms with Gasteiger partial charge in [-0.25, -0.2) is 17.6 Å². The van der Waals surface area contributed by atoms with Crippen molar-refractivity contribution >= 4 is 21.7 Å². The van der Waals surface area contributed by atoms with Gasteiger partial charge in [-0.05, 0) is 55.3 Å². The number of aryl methyl sites for hydroxylation is 2. The number of rotatable bonds is 4. The van der Waals surface area contributed by atoms with Crippen LogP contribution in [0.15, 0.2) is 41.3 Å². The first-order valence-electron chi connectivity index (χ1n) is 6.73. The Hall–Kier alpha value is -2.41. The summed E-state index contributed by atoms with van der Waals surface area (Å²) in [6.07, 6.45) is 0. The minimum atomic E-state index is -4.13. The van der Waals surface area contributed by atoms with Gasteiger partial charge in [-0.2, -0.15) is 0 Å². The van der Waals surface area contributed by atoms with Crippen LogP contribution in [0.3, 0.4) is 0 Å². The molecule has 0 heterocycles. The van der Waals surface area contributed by atoms with Gasteiger partial charge in [0, 0.05) is 7.05 Å². The molecular formula is C16H16FNO4S. The molecule has 1 N–H and O–H groups in total. The normalized spacial score (nSPS) is 11.3. The second-order valence-corrected chi connectivity index (χ2v) is 7.21. The average Bonchev–Trinajstić information content (AvgIpc) is 2.44. The van der Waals surface area contributed by atoms with Gasteiger partial charge in [0.2, 0.25) is 0 Å². The minimum Gasteiger partial charge on any atom is -0.478 e. The van der Waals surface area contributed by atoms with Crippen LogP contribution in [0.2, 0.25) is 0 Å². The number of anilines is 1. The van der Waals surface area contributed by atoms with E-state index in [1.165, 1.54) is 7.05 Å². The summed E-state index contributed by atoms with van der Waals surface area (Å²) in [6.45, 7) is 3.67.